The first-order valence-corrected chi connectivity index (χ1v) is 17.7. The van der Waals surface area contributed by atoms with Crippen LogP contribution in [0.4, 0.5) is 0 Å². The summed E-state index contributed by atoms with van der Waals surface area (Å²) in [7, 11) is 0. The Labute approximate surface area is 291 Å². The molecule has 0 saturated carbocycles. The van der Waals surface area contributed by atoms with Gasteiger partial charge in [0.2, 0.25) is 0 Å². The Balaban J connectivity index is -0.000000159. The van der Waals surface area contributed by atoms with Gasteiger partial charge in [0.1, 0.15) is 0 Å². The van der Waals surface area contributed by atoms with Gasteiger partial charge in [-0.2, -0.15) is 0 Å². The summed E-state index contributed by atoms with van der Waals surface area (Å²) in [5.74, 6) is -3.55. The second kappa shape index (κ2) is 49.5. The van der Waals surface area contributed by atoms with Crippen molar-refractivity contribution in [3.63, 3.8) is 0 Å². The monoisotopic (exact) mass is 680 g/mol. The molecule has 0 aromatic heterocycles. The van der Waals surface area contributed by atoms with Gasteiger partial charge in [-0.3, -0.25) is 0 Å². The predicted octanol–water partition coefficient (Wildman–Crippen LogP) is 10.4. The third-order valence-electron chi connectivity index (χ3n) is 6.75. The van der Waals surface area contributed by atoms with Crippen molar-refractivity contribution in [2.75, 3.05) is 13.2 Å². The van der Waals surface area contributed by atoms with Crippen LogP contribution in [0.25, 0.3) is 0 Å². The number of hydrogen-bond acceptors (Lipinski definition) is 6. The molecule has 0 spiro atoms. The molecule has 0 rings (SSSR count). The van der Waals surface area contributed by atoms with E-state index in [0.29, 0.717) is 26.1 Å². The van der Waals surface area contributed by atoms with Crippen LogP contribution in [0.1, 0.15) is 182 Å². The van der Waals surface area contributed by atoms with E-state index in [9.17, 15) is 9.59 Å². The minimum absolute atomic E-state index is 0. The average molecular weight is 681 g/mol. The summed E-state index contributed by atoms with van der Waals surface area (Å²) in [4.78, 5) is 20.3. The van der Waals surface area contributed by atoms with Crippen LogP contribution >= 0.6 is 0 Å². The number of carbonyl (C=O) groups is 2. The standard InChI is InChI=1S/2C10H18O3.2C8H18O.Ti/c2*1-2-3-4-5-6-7-8-9(11)10(12)13;2*1-2-3-4-5-6-7-8-9;/h2*8,11H,2-7H2,1H3,(H,12,13);2*9H,2-8H2,1H3;. The maximum absolute atomic E-state index is 10.1. The molecule has 45 heavy (non-hydrogen) atoms. The molecule has 8 nitrogen and oxygen atoms in total. The quantitative estimate of drug-likeness (QED) is 0.0228. The van der Waals surface area contributed by atoms with Crippen LogP contribution in [-0.2, 0) is 31.3 Å². The topological polar surface area (TPSA) is 156 Å². The summed E-state index contributed by atoms with van der Waals surface area (Å²) >= 11 is 0. The number of unbranched alkanes of at least 4 members (excludes halogenated alkanes) is 20. The molecular weight excluding hydrogens is 608 g/mol. The molecule has 0 fully saturated rings. The van der Waals surface area contributed by atoms with Gasteiger partial charge in [0.25, 0.3) is 0 Å². The van der Waals surface area contributed by atoms with Crippen LogP contribution in [0.2, 0.25) is 0 Å². The fourth-order valence-corrected chi connectivity index (χ4v) is 3.93. The molecule has 0 aliphatic heterocycles. The molecule has 0 aromatic carbocycles. The van der Waals surface area contributed by atoms with Gasteiger partial charge >= 0.3 is 11.9 Å². The summed E-state index contributed by atoms with van der Waals surface area (Å²) in [5.41, 5.74) is 0. The van der Waals surface area contributed by atoms with Gasteiger partial charge in [0.05, 0.1) is 0 Å². The Kier molecular flexibility index (Phi) is 58.5. The van der Waals surface area contributed by atoms with Gasteiger partial charge in [-0.25, -0.2) is 9.59 Å². The maximum Gasteiger partial charge on any atom is 0.370 e. The van der Waals surface area contributed by atoms with Crippen molar-refractivity contribution in [2.45, 2.75) is 182 Å². The SMILES string of the molecule is CCCCCCCC=C(O)C(=O)O.CCCCCCCC=C(O)C(=O)O.CCCCCCCCO.CCCCCCCCO.[Ti]. The zero-order chi connectivity index (χ0) is 34.1. The van der Waals surface area contributed by atoms with Crippen LogP contribution in [-0.4, -0.2) is 55.8 Å². The Bertz CT molecular complexity index is 573. The maximum atomic E-state index is 10.1. The van der Waals surface area contributed by atoms with E-state index in [0.717, 1.165) is 38.5 Å². The van der Waals surface area contributed by atoms with Crippen LogP contribution in [0.15, 0.2) is 23.7 Å². The Hall–Kier alpha value is -1.35. The number of aliphatic hydroxyl groups excluding tert-OH is 4. The van der Waals surface area contributed by atoms with E-state index in [-0.39, 0.29) is 21.7 Å². The van der Waals surface area contributed by atoms with Crippen molar-refractivity contribution < 1.29 is 61.9 Å². The second-order valence-electron chi connectivity index (χ2n) is 11.2. The van der Waals surface area contributed by atoms with Crippen LogP contribution < -0.4 is 0 Å². The summed E-state index contributed by atoms with van der Waals surface area (Å²) in [6, 6.07) is 0. The molecule has 0 radical (unpaired) electrons. The van der Waals surface area contributed by atoms with E-state index in [1.165, 1.54) is 115 Å². The van der Waals surface area contributed by atoms with Gasteiger partial charge in [0, 0.05) is 34.9 Å². The van der Waals surface area contributed by atoms with E-state index < -0.39 is 23.5 Å². The van der Waals surface area contributed by atoms with Crippen molar-refractivity contribution in [1.29, 1.82) is 0 Å². The molecule has 0 heterocycles. The van der Waals surface area contributed by atoms with Crippen molar-refractivity contribution in [1.82, 2.24) is 0 Å². The number of aliphatic hydroxyl groups is 4. The zero-order valence-corrected chi connectivity index (χ0v) is 31.1. The van der Waals surface area contributed by atoms with Crippen molar-refractivity contribution in [2.24, 2.45) is 0 Å². The predicted molar refractivity (Wildman–Crippen MR) is 184 cm³/mol. The number of rotatable bonds is 26. The molecule has 0 aliphatic carbocycles. The van der Waals surface area contributed by atoms with E-state index in [2.05, 4.69) is 27.7 Å². The van der Waals surface area contributed by atoms with Crippen molar-refractivity contribution in [3.05, 3.63) is 23.7 Å². The van der Waals surface area contributed by atoms with Gasteiger partial charge in [-0.1, -0.05) is 143 Å². The molecule has 0 aromatic rings. The Morgan fingerprint density at radius 2 is 0.622 bits per heavy atom. The van der Waals surface area contributed by atoms with Gasteiger partial charge < -0.3 is 30.6 Å². The average Bonchev–Trinajstić information content (AvgIpc) is 3.01. The Morgan fingerprint density at radius 1 is 0.400 bits per heavy atom. The van der Waals surface area contributed by atoms with Crippen LogP contribution in [0.3, 0.4) is 0 Å². The third kappa shape index (κ3) is 58.7. The zero-order valence-electron chi connectivity index (χ0n) is 29.5. The minimum atomic E-state index is -1.24. The summed E-state index contributed by atoms with van der Waals surface area (Å²) in [6.07, 6.45) is 30.4. The summed E-state index contributed by atoms with van der Waals surface area (Å²) in [5, 5.41) is 51.0. The number of aliphatic carboxylic acids is 2. The van der Waals surface area contributed by atoms with E-state index in [4.69, 9.17) is 30.6 Å². The molecule has 0 aliphatic rings. The van der Waals surface area contributed by atoms with Crippen molar-refractivity contribution in [3.8, 4) is 0 Å². The van der Waals surface area contributed by atoms with Crippen LogP contribution in [0.5, 0.6) is 0 Å². The number of carboxylic acid groups (broad SMARTS) is 2. The van der Waals surface area contributed by atoms with E-state index in [1.807, 2.05) is 0 Å². The first kappa shape index (κ1) is 53.2. The molecule has 9 heteroatoms. The van der Waals surface area contributed by atoms with Gasteiger partial charge in [-0.05, 0) is 50.7 Å². The fourth-order valence-electron chi connectivity index (χ4n) is 3.93. The first-order valence-electron chi connectivity index (χ1n) is 17.7. The molecule has 0 bridgehead atoms. The van der Waals surface area contributed by atoms with Gasteiger partial charge in [0.15, 0.2) is 11.5 Å². The first-order chi connectivity index (χ1) is 21.2. The number of allylic oxidation sites excluding steroid dienone is 2. The number of hydrogen-bond donors (Lipinski definition) is 6. The number of carboxylic acids is 2. The summed E-state index contributed by atoms with van der Waals surface area (Å²) < 4.78 is 0. The van der Waals surface area contributed by atoms with Crippen molar-refractivity contribution >= 4 is 11.9 Å². The molecule has 0 atom stereocenters. The Morgan fingerprint density at radius 3 is 0.844 bits per heavy atom. The molecule has 0 unspecified atom stereocenters. The normalized spacial score (nSPS) is 10.7. The minimum Gasteiger partial charge on any atom is -0.502 e. The second-order valence-corrected chi connectivity index (χ2v) is 11.2. The molecule has 6 N–H and O–H groups in total. The van der Waals surface area contributed by atoms with E-state index >= 15 is 0 Å². The summed E-state index contributed by atoms with van der Waals surface area (Å²) in [6.45, 7) is 9.46. The fraction of sp³-hybridized carbons (Fsp3) is 0.833. The molecule has 268 valence electrons. The van der Waals surface area contributed by atoms with Gasteiger partial charge in [-0.15, -0.1) is 0 Å². The largest absolute Gasteiger partial charge is 0.502 e. The van der Waals surface area contributed by atoms with E-state index in [1.54, 1.807) is 0 Å². The molecular formula is C36H72O8Ti. The third-order valence-corrected chi connectivity index (χ3v) is 6.75. The molecule has 0 amide bonds. The molecule has 0 saturated heterocycles. The van der Waals surface area contributed by atoms with Crippen LogP contribution in [0, 0.1) is 0 Å². The smallest absolute Gasteiger partial charge is 0.370 e.